The molecule has 29 heavy (non-hydrogen) atoms. The molecule has 1 heterocycles. The fraction of sp³-hybridized carbons (Fsp3) is 0.286. The zero-order valence-electron chi connectivity index (χ0n) is 15.7. The first-order valence-electron chi connectivity index (χ1n) is 9.33. The number of benzene rings is 2. The van der Waals surface area contributed by atoms with Crippen molar-refractivity contribution in [1.29, 1.82) is 0 Å². The fourth-order valence-electron chi connectivity index (χ4n) is 3.25. The van der Waals surface area contributed by atoms with Crippen LogP contribution >= 0.6 is 0 Å². The van der Waals surface area contributed by atoms with Gasteiger partial charge in [0.25, 0.3) is 0 Å². The zero-order valence-corrected chi connectivity index (χ0v) is 15.7. The highest BCUT2D eigenvalue weighted by molar-refractivity contribution is 5.96. The average Bonchev–Trinajstić information content (AvgIpc) is 2.72. The molecule has 3 amide bonds. The molecule has 0 radical (unpaired) electrons. The Labute approximate surface area is 166 Å². The SMILES string of the molecule is O=C(CNC(=O)C(c1ccccc1)N1CCCCC1=O)Nc1ccc(F)c(F)c1. The number of amides is 3. The van der Waals surface area contributed by atoms with Crippen molar-refractivity contribution < 1.29 is 23.2 Å². The summed E-state index contributed by atoms with van der Waals surface area (Å²) >= 11 is 0. The van der Waals surface area contributed by atoms with Crippen LogP contribution in [0.2, 0.25) is 0 Å². The molecule has 1 fully saturated rings. The largest absolute Gasteiger partial charge is 0.345 e. The van der Waals surface area contributed by atoms with E-state index in [1.807, 2.05) is 6.07 Å². The number of hydrogen-bond donors (Lipinski definition) is 2. The van der Waals surface area contributed by atoms with E-state index in [1.165, 1.54) is 11.0 Å². The molecular formula is C21H21F2N3O3. The van der Waals surface area contributed by atoms with Crippen LogP contribution in [0.1, 0.15) is 30.9 Å². The van der Waals surface area contributed by atoms with Crippen LogP contribution in [-0.2, 0) is 14.4 Å². The summed E-state index contributed by atoms with van der Waals surface area (Å²) in [4.78, 5) is 38.8. The molecule has 1 unspecified atom stereocenters. The lowest BCUT2D eigenvalue weighted by Gasteiger charge is -2.34. The van der Waals surface area contributed by atoms with Gasteiger partial charge in [-0.05, 0) is 30.5 Å². The number of carbonyl (C=O) groups excluding carboxylic acids is 3. The van der Waals surface area contributed by atoms with Crippen LogP contribution < -0.4 is 10.6 Å². The number of nitrogens with zero attached hydrogens (tertiary/aromatic N) is 1. The second kappa shape index (κ2) is 9.27. The molecule has 6 nitrogen and oxygen atoms in total. The first kappa shape index (κ1) is 20.4. The Balaban J connectivity index is 1.67. The molecule has 2 aromatic rings. The van der Waals surface area contributed by atoms with Crippen molar-refractivity contribution in [3.05, 3.63) is 65.7 Å². The van der Waals surface area contributed by atoms with E-state index in [9.17, 15) is 23.2 Å². The molecule has 1 aliphatic rings. The van der Waals surface area contributed by atoms with Crippen molar-refractivity contribution in [3.8, 4) is 0 Å². The summed E-state index contributed by atoms with van der Waals surface area (Å²) in [5, 5.41) is 4.92. The normalized spacial score (nSPS) is 15.0. The third-order valence-corrected chi connectivity index (χ3v) is 4.66. The van der Waals surface area contributed by atoms with Gasteiger partial charge in [0, 0.05) is 24.7 Å². The molecule has 0 aromatic heterocycles. The van der Waals surface area contributed by atoms with E-state index < -0.39 is 29.5 Å². The minimum atomic E-state index is -1.08. The highest BCUT2D eigenvalue weighted by atomic mass is 19.2. The van der Waals surface area contributed by atoms with Crippen molar-refractivity contribution in [2.45, 2.75) is 25.3 Å². The van der Waals surface area contributed by atoms with Gasteiger partial charge >= 0.3 is 0 Å². The Kier molecular flexibility index (Phi) is 6.54. The maximum atomic E-state index is 13.2. The van der Waals surface area contributed by atoms with Gasteiger partial charge in [-0.25, -0.2) is 8.78 Å². The molecular weight excluding hydrogens is 380 g/mol. The molecule has 0 bridgehead atoms. The predicted molar refractivity (Wildman–Crippen MR) is 103 cm³/mol. The second-order valence-electron chi connectivity index (χ2n) is 6.75. The first-order valence-corrected chi connectivity index (χ1v) is 9.33. The number of carbonyl (C=O) groups is 3. The van der Waals surface area contributed by atoms with Gasteiger partial charge in [0.2, 0.25) is 17.7 Å². The van der Waals surface area contributed by atoms with Crippen LogP contribution in [0.25, 0.3) is 0 Å². The summed E-state index contributed by atoms with van der Waals surface area (Å²) in [6.07, 6.45) is 1.97. The van der Waals surface area contributed by atoms with Gasteiger partial charge in [-0.3, -0.25) is 14.4 Å². The minimum Gasteiger partial charge on any atom is -0.345 e. The Hall–Kier alpha value is -3.29. The van der Waals surface area contributed by atoms with Crippen LogP contribution in [0.3, 0.4) is 0 Å². The molecule has 152 valence electrons. The zero-order chi connectivity index (χ0) is 20.8. The summed E-state index contributed by atoms with van der Waals surface area (Å²) in [6, 6.07) is 11.0. The van der Waals surface area contributed by atoms with Gasteiger partial charge in [-0.15, -0.1) is 0 Å². The molecule has 1 atom stereocenters. The summed E-state index contributed by atoms with van der Waals surface area (Å²) in [5.41, 5.74) is 0.732. The maximum absolute atomic E-state index is 13.2. The third kappa shape index (κ3) is 5.16. The van der Waals surface area contributed by atoms with Crippen LogP contribution in [0.15, 0.2) is 48.5 Å². The minimum absolute atomic E-state index is 0.0777. The lowest BCUT2D eigenvalue weighted by atomic mass is 10.0. The Morgan fingerprint density at radius 1 is 1.03 bits per heavy atom. The van der Waals surface area contributed by atoms with Gasteiger partial charge in [-0.2, -0.15) is 0 Å². The molecule has 3 rings (SSSR count). The Bertz CT molecular complexity index is 905. The molecule has 0 spiro atoms. The van der Waals surface area contributed by atoms with Gasteiger partial charge in [0.15, 0.2) is 11.6 Å². The molecule has 2 aromatic carbocycles. The van der Waals surface area contributed by atoms with Crippen molar-refractivity contribution in [2.75, 3.05) is 18.4 Å². The van der Waals surface area contributed by atoms with E-state index in [1.54, 1.807) is 24.3 Å². The topological polar surface area (TPSA) is 78.5 Å². The highest BCUT2D eigenvalue weighted by Gasteiger charge is 2.32. The second-order valence-corrected chi connectivity index (χ2v) is 6.75. The third-order valence-electron chi connectivity index (χ3n) is 4.66. The van der Waals surface area contributed by atoms with Crippen molar-refractivity contribution in [2.24, 2.45) is 0 Å². The molecule has 0 saturated carbocycles. The van der Waals surface area contributed by atoms with Crippen LogP contribution in [0, 0.1) is 11.6 Å². The standard InChI is InChI=1S/C21H21F2N3O3/c22-16-10-9-15(12-17(16)23)25-18(27)13-24-21(29)20(14-6-2-1-3-7-14)26-11-5-4-8-19(26)28/h1-3,6-7,9-10,12,20H,4-5,8,11,13H2,(H,24,29)(H,25,27). The number of anilines is 1. The van der Waals surface area contributed by atoms with Gasteiger partial charge in [0.05, 0.1) is 6.54 Å². The van der Waals surface area contributed by atoms with Crippen molar-refractivity contribution in [1.82, 2.24) is 10.2 Å². The van der Waals surface area contributed by atoms with E-state index in [0.29, 0.717) is 18.5 Å². The van der Waals surface area contributed by atoms with Crippen molar-refractivity contribution in [3.63, 3.8) is 0 Å². The maximum Gasteiger partial charge on any atom is 0.247 e. The molecule has 0 aliphatic carbocycles. The number of piperidine rings is 1. The summed E-state index contributed by atoms with van der Waals surface area (Å²) in [5.74, 6) is -3.28. The van der Waals surface area contributed by atoms with E-state index >= 15 is 0 Å². The summed E-state index contributed by atoms with van der Waals surface area (Å²) in [7, 11) is 0. The first-order chi connectivity index (χ1) is 14.0. The Morgan fingerprint density at radius 3 is 2.48 bits per heavy atom. The predicted octanol–water partition coefficient (Wildman–Crippen LogP) is 2.77. The highest BCUT2D eigenvalue weighted by Crippen LogP contribution is 2.25. The van der Waals surface area contributed by atoms with Crippen LogP contribution in [0.5, 0.6) is 0 Å². The Morgan fingerprint density at radius 2 is 1.79 bits per heavy atom. The fourth-order valence-corrected chi connectivity index (χ4v) is 3.25. The molecule has 1 aliphatic heterocycles. The van der Waals surface area contributed by atoms with E-state index in [-0.39, 0.29) is 18.1 Å². The number of likely N-dealkylation sites (tertiary alicyclic amines) is 1. The number of hydrogen-bond acceptors (Lipinski definition) is 3. The van der Waals surface area contributed by atoms with Crippen molar-refractivity contribution >= 4 is 23.4 Å². The van der Waals surface area contributed by atoms with E-state index in [4.69, 9.17) is 0 Å². The molecule has 8 heteroatoms. The van der Waals surface area contributed by atoms with E-state index in [0.717, 1.165) is 25.0 Å². The van der Waals surface area contributed by atoms with Crippen LogP contribution in [0.4, 0.5) is 14.5 Å². The summed E-state index contributed by atoms with van der Waals surface area (Å²) < 4.78 is 26.2. The lowest BCUT2D eigenvalue weighted by Crippen LogP contribution is -2.47. The van der Waals surface area contributed by atoms with Gasteiger partial charge in [-0.1, -0.05) is 30.3 Å². The van der Waals surface area contributed by atoms with E-state index in [2.05, 4.69) is 10.6 Å². The molecule has 2 N–H and O–H groups in total. The average molecular weight is 401 g/mol. The quantitative estimate of drug-likeness (QED) is 0.781. The van der Waals surface area contributed by atoms with Gasteiger partial charge in [0.1, 0.15) is 6.04 Å². The monoisotopic (exact) mass is 401 g/mol. The van der Waals surface area contributed by atoms with Crippen LogP contribution in [-0.4, -0.2) is 35.7 Å². The smallest absolute Gasteiger partial charge is 0.247 e. The number of rotatable bonds is 6. The number of nitrogens with one attached hydrogen (secondary N) is 2. The number of halogens is 2. The van der Waals surface area contributed by atoms with Gasteiger partial charge < -0.3 is 15.5 Å². The lowest BCUT2D eigenvalue weighted by molar-refractivity contribution is -0.142. The molecule has 1 saturated heterocycles. The summed E-state index contributed by atoms with van der Waals surface area (Å²) in [6.45, 7) is 0.0933.